The molecule has 0 aromatic heterocycles. The van der Waals surface area contributed by atoms with Gasteiger partial charge in [0.1, 0.15) is 0 Å². The van der Waals surface area contributed by atoms with Crippen molar-refractivity contribution < 1.29 is 19.5 Å². The lowest BCUT2D eigenvalue weighted by Gasteiger charge is -2.18. The summed E-state index contributed by atoms with van der Waals surface area (Å²) in [5, 5.41) is 14.1. The minimum absolute atomic E-state index is 0.0357. The molecule has 21 heavy (non-hydrogen) atoms. The van der Waals surface area contributed by atoms with Crippen molar-refractivity contribution in [2.45, 2.75) is 59.9 Å². The molecule has 0 rings (SSSR count). The molecule has 0 aliphatic carbocycles. The van der Waals surface area contributed by atoms with Crippen LogP contribution in [0.2, 0.25) is 0 Å². The lowest BCUT2D eigenvalue weighted by molar-refractivity contribution is -0.141. The molecular formula is C15H28N2O4. The summed E-state index contributed by atoms with van der Waals surface area (Å²) in [6.07, 6.45) is 2.05. The minimum Gasteiger partial charge on any atom is -0.481 e. The van der Waals surface area contributed by atoms with Gasteiger partial charge in [0, 0.05) is 11.5 Å². The second-order valence-electron chi connectivity index (χ2n) is 6.57. The third-order valence-corrected chi connectivity index (χ3v) is 3.19. The topological polar surface area (TPSA) is 95.5 Å². The second kappa shape index (κ2) is 8.64. The molecule has 0 aliphatic rings. The molecule has 122 valence electrons. The van der Waals surface area contributed by atoms with E-state index in [0.29, 0.717) is 6.42 Å². The van der Waals surface area contributed by atoms with Crippen LogP contribution in [0.15, 0.2) is 0 Å². The molecule has 0 heterocycles. The van der Waals surface area contributed by atoms with Crippen molar-refractivity contribution in [1.29, 1.82) is 0 Å². The van der Waals surface area contributed by atoms with Crippen LogP contribution in [0.1, 0.15) is 53.9 Å². The van der Waals surface area contributed by atoms with Gasteiger partial charge in [0.05, 0.1) is 12.5 Å². The van der Waals surface area contributed by atoms with Crippen molar-refractivity contribution in [1.82, 2.24) is 10.6 Å². The van der Waals surface area contributed by atoms with E-state index in [0.717, 1.165) is 12.8 Å². The maximum atomic E-state index is 11.7. The predicted octanol–water partition coefficient (Wildman–Crippen LogP) is 1.54. The number of rotatable bonds is 8. The van der Waals surface area contributed by atoms with Gasteiger partial charge >= 0.3 is 5.97 Å². The molecule has 6 nitrogen and oxygen atoms in total. The Morgan fingerprint density at radius 3 is 2.14 bits per heavy atom. The number of aliphatic carboxylic acids is 1. The lowest BCUT2D eigenvalue weighted by Crippen LogP contribution is -2.44. The Kier molecular flexibility index (Phi) is 7.99. The van der Waals surface area contributed by atoms with E-state index < -0.39 is 11.4 Å². The Balaban J connectivity index is 3.90. The summed E-state index contributed by atoms with van der Waals surface area (Å²) in [6, 6.07) is -0.0370. The van der Waals surface area contributed by atoms with Gasteiger partial charge in [0.25, 0.3) is 0 Å². The summed E-state index contributed by atoms with van der Waals surface area (Å²) in [4.78, 5) is 34.0. The van der Waals surface area contributed by atoms with E-state index >= 15 is 0 Å². The van der Waals surface area contributed by atoms with Crippen LogP contribution < -0.4 is 10.6 Å². The minimum atomic E-state index is -0.795. The molecule has 0 aliphatic heterocycles. The average molecular weight is 300 g/mol. The van der Waals surface area contributed by atoms with Gasteiger partial charge < -0.3 is 15.7 Å². The van der Waals surface area contributed by atoms with E-state index in [4.69, 9.17) is 5.11 Å². The highest BCUT2D eigenvalue weighted by atomic mass is 16.4. The van der Waals surface area contributed by atoms with Gasteiger partial charge in [-0.05, 0) is 19.8 Å². The molecule has 0 bridgehead atoms. The van der Waals surface area contributed by atoms with E-state index in [1.807, 2.05) is 6.92 Å². The number of carboxylic acids is 1. The molecule has 2 amide bonds. The molecule has 0 spiro atoms. The molecule has 0 aromatic rings. The number of hydrogen-bond acceptors (Lipinski definition) is 3. The van der Waals surface area contributed by atoms with Gasteiger partial charge in [-0.15, -0.1) is 0 Å². The van der Waals surface area contributed by atoms with E-state index in [1.165, 1.54) is 0 Å². The number of hydrogen-bond donors (Lipinski definition) is 3. The van der Waals surface area contributed by atoms with E-state index in [1.54, 1.807) is 27.7 Å². The zero-order valence-corrected chi connectivity index (χ0v) is 13.7. The van der Waals surface area contributed by atoms with Crippen LogP contribution in [0.5, 0.6) is 0 Å². The van der Waals surface area contributed by atoms with E-state index in [2.05, 4.69) is 10.6 Å². The number of nitrogens with one attached hydrogen (secondary N) is 2. The van der Waals surface area contributed by atoms with Crippen LogP contribution >= 0.6 is 0 Å². The SMILES string of the molecule is CC(CCCC(C)C(=O)O)NC(=O)CNC(=O)C(C)(C)C. The third kappa shape index (κ3) is 9.05. The van der Waals surface area contributed by atoms with Crippen molar-refractivity contribution in [3.63, 3.8) is 0 Å². The molecule has 3 N–H and O–H groups in total. The fourth-order valence-electron chi connectivity index (χ4n) is 1.68. The Bertz CT molecular complexity index is 374. The highest BCUT2D eigenvalue weighted by Crippen LogP contribution is 2.12. The molecule has 2 unspecified atom stereocenters. The van der Waals surface area contributed by atoms with E-state index in [-0.39, 0.29) is 30.3 Å². The molecule has 6 heteroatoms. The molecule has 0 saturated carbocycles. The quantitative estimate of drug-likeness (QED) is 0.633. The van der Waals surface area contributed by atoms with Gasteiger partial charge in [-0.2, -0.15) is 0 Å². The largest absolute Gasteiger partial charge is 0.481 e. The first-order valence-electron chi connectivity index (χ1n) is 7.34. The highest BCUT2D eigenvalue weighted by Gasteiger charge is 2.21. The van der Waals surface area contributed by atoms with Gasteiger partial charge in [-0.25, -0.2) is 0 Å². The summed E-state index contributed by atoms with van der Waals surface area (Å²) in [5.41, 5.74) is -0.515. The van der Waals surface area contributed by atoms with Crippen LogP contribution in [0.3, 0.4) is 0 Å². The summed E-state index contributed by atoms with van der Waals surface area (Å²) in [7, 11) is 0. The Morgan fingerprint density at radius 2 is 1.67 bits per heavy atom. The standard InChI is InChI=1S/C15H28N2O4/c1-10(13(19)20)7-6-8-11(2)17-12(18)9-16-14(21)15(3,4)5/h10-11H,6-9H2,1-5H3,(H,16,21)(H,17,18)(H,19,20). The molecule has 0 radical (unpaired) electrons. The molecule has 0 fully saturated rings. The normalized spacial score (nSPS) is 14.1. The lowest BCUT2D eigenvalue weighted by atomic mass is 9.96. The first-order chi connectivity index (χ1) is 9.54. The average Bonchev–Trinajstić information content (AvgIpc) is 2.34. The molecule has 0 aromatic carbocycles. The number of amides is 2. The zero-order valence-electron chi connectivity index (χ0n) is 13.7. The van der Waals surface area contributed by atoms with E-state index in [9.17, 15) is 14.4 Å². The van der Waals surface area contributed by atoms with Crippen molar-refractivity contribution in [2.24, 2.45) is 11.3 Å². The second-order valence-corrected chi connectivity index (χ2v) is 6.57. The predicted molar refractivity (Wildman–Crippen MR) is 80.7 cm³/mol. The zero-order chi connectivity index (χ0) is 16.6. The maximum Gasteiger partial charge on any atom is 0.306 e. The smallest absolute Gasteiger partial charge is 0.306 e. The summed E-state index contributed by atoms with van der Waals surface area (Å²) in [5.74, 6) is -1.55. The van der Waals surface area contributed by atoms with Crippen LogP contribution in [0.4, 0.5) is 0 Å². The van der Waals surface area contributed by atoms with Gasteiger partial charge in [0.15, 0.2) is 0 Å². The molecule has 2 atom stereocenters. The Labute approximate surface area is 126 Å². The fourth-order valence-corrected chi connectivity index (χ4v) is 1.68. The molecule has 0 saturated heterocycles. The summed E-state index contributed by atoms with van der Waals surface area (Å²) in [6.45, 7) is 8.86. The van der Waals surface area contributed by atoms with Gasteiger partial charge in [0.2, 0.25) is 11.8 Å². The Morgan fingerprint density at radius 1 is 1.10 bits per heavy atom. The summed E-state index contributed by atoms with van der Waals surface area (Å²) >= 11 is 0. The summed E-state index contributed by atoms with van der Waals surface area (Å²) < 4.78 is 0. The fraction of sp³-hybridized carbons (Fsp3) is 0.800. The van der Waals surface area contributed by atoms with Crippen LogP contribution in [0.25, 0.3) is 0 Å². The van der Waals surface area contributed by atoms with Crippen molar-refractivity contribution in [3.8, 4) is 0 Å². The Hall–Kier alpha value is -1.59. The number of carboxylic acid groups (broad SMARTS) is 1. The first-order valence-corrected chi connectivity index (χ1v) is 7.34. The van der Waals surface area contributed by atoms with Crippen molar-refractivity contribution in [3.05, 3.63) is 0 Å². The maximum absolute atomic E-state index is 11.7. The van der Waals surface area contributed by atoms with Gasteiger partial charge in [-0.1, -0.05) is 34.1 Å². The first kappa shape index (κ1) is 19.4. The monoisotopic (exact) mass is 300 g/mol. The van der Waals surface area contributed by atoms with Crippen molar-refractivity contribution in [2.75, 3.05) is 6.54 Å². The van der Waals surface area contributed by atoms with Crippen LogP contribution in [-0.4, -0.2) is 35.5 Å². The van der Waals surface area contributed by atoms with Crippen LogP contribution in [0, 0.1) is 11.3 Å². The third-order valence-electron chi connectivity index (χ3n) is 3.19. The number of carbonyl (C=O) groups excluding carboxylic acids is 2. The van der Waals surface area contributed by atoms with Crippen molar-refractivity contribution >= 4 is 17.8 Å². The molecular weight excluding hydrogens is 272 g/mol. The van der Waals surface area contributed by atoms with Gasteiger partial charge in [-0.3, -0.25) is 14.4 Å². The van der Waals surface area contributed by atoms with Crippen LogP contribution in [-0.2, 0) is 14.4 Å². The highest BCUT2D eigenvalue weighted by molar-refractivity contribution is 5.87. The number of carbonyl (C=O) groups is 3.